The molecule has 1 fully saturated rings. The van der Waals surface area contributed by atoms with Crippen molar-refractivity contribution in [3.8, 4) is 0 Å². The third-order valence-corrected chi connectivity index (χ3v) is 4.41. The van der Waals surface area contributed by atoms with E-state index in [9.17, 15) is 14.4 Å². The Kier molecular flexibility index (Phi) is 4.86. The van der Waals surface area contributed by atoms with Crippen molar-refractivity contribution in [1.29, 1.82) is 0 Å². The van der Waals surface area contributed by atoms with Gasteiger partial charge >= 0.3 is 0 Å². The van der Waals surface area contributed by atoms with Gasteiger partial charge < -0.3 is 5.32 Å². The maximum Gasteiger partial charge on any atom is 0.251 e. The minimum absolute atomic E-state index is 0.175. The molecule has 2 aromatic rings. The summed E-state index contributed by atoms with van der Waals surface area (Å²) in [6.45, 7) is 1.89. The minimum Gasteiger partial charge on any atom is -0.346 e. The molecule has 1 aliphatic rings. The van der Waals surface area contributed by atoms with Crippen LogP contribution in [0, 0.1) is 0 Å². The average Bonchev–Trinajstić information content (AvgIpc) is 2.94. The Morgan fingerprint density at radius 3 is 2.12 bits per heavy atom. The van der Waals surface area contributed by atoms with Gasteiger partial charge in [-0.25, -0.2) is 0 Å². The Labute approximate surface area is 150 Å². The highest BCUT2D eigenvalue weighted by Crippen LogP contribution is 2.23. The second-order valence-corrected chi connectivity index (χ2v) is 6.35. The molecule has 25 heavy (non-hydrogen) atoms. The van der Waals surface area contributed by atoms with E-state index in [0.29, 0.717) is 16.3 Å². The number of carbonyl (C=O) groups excluding carboxylic acids is 3. The van der Waals surface area contributed by atoms with Crippen molar-refractivity contribution in [2.75, 3.05) is 4.90 Å². The van der Waals surface area contributed by atoms with Gasteiger partial charge in [0.1, 0.15) is 0 Å². The van der Waals surface area contributed by atoms with Gasteiger partial charge in [-0.05, 0) is 48.9 Å². The minimum atomic E-state index is -0.229. The molecule has 0 aromatic heterocycles. The molecule has 2 aromatic carbocycles. The highest BCUT2D eigenvalue weighted by Gasteiger charge is 2.30. The third-order valence-electron chi connectivity index (χ3n) is 4.16. The molecule has 0 unspecified atom stereocenters. The summed E-state index contributed by atoms with van der Waals surface area (Å²) in [7, 11) is 0. The first-order valence-electron chi connectivity index (χ1n) is 7.98. The van der Waals surface area contributed by atoms with Gasteiger partial charge in [0.2, 0.25) is 11.8 Å². The van der Waals surface area contributed by atoms with Crippen LogP contribution in [0.3, 0.4) is 0 Å². The quantitative estimate of drug-likeness (QED) is 0.853. The van der Waals surface area contributed by atoms with Crippen LogP contribution in [-0.4, -0.2) is 17.7 Å². The number of imide groups is 1. The third kappa shape index (κ3) is 3.72. The second-order valence-electron chi connectivity index (χ2n) is 5.92. The lowest BCUT2D eigenvalue weighted by molar-refractivity contribution is -0.121. The van der Waals surface area contributed by atoms with Crippen LogP contribution in [0.5, 0.6) is 0 Å². The first-order chi connectivity index (χ1) is 12.0. The van der Waals surface area contributed by atoms with Crippen LogP contribution in [0.4, 0.5) is 5.69 Å². The predicted molar refractivity (Wildman–Crippen MR) is 95.5 cm³/mol. The van der Waals surface area contributed by atoms with E-state index in [2.05, 4.69) is 5.32 Å². The summed E-state index contributed by atoms with van der Waals surface area (Å²) in [6.07, 6.45) is 0.472. The predicted octanol–water partition coefficient (Wildman–Crippen LogP) is 3.48. The van der Waals surface area contributed by atoms with Crippen LogP contribution in [-0.2, 0) is 9.59 Å². The standard InChI is InChI=1S/C19H17ClN2O3/c1-12(13-2-6-15(20)7-3-13)21-19(25)14-4-8-16(9-5-14)22-17(23)10-11-18(22)24/h2-9,12H,10-11H2,1H3,(H,21,25)/t12-/m1/s1. The van der Waals surface area contributed by atoms with E-state index in [1.54, 1.807) is 36.4 Å². The Hall–Kier alpha value is -2.66. The van der Waals surface area contributed by atoms with E-state index in [1.165, 1.54) is 0 Å². The summed E-state index contributed by atoms with van der Waals surface area (Å²) in [6, 6.07) is 13.5. The van der Waals surface area contributed by atoms with Crippen molar-refractivity contribution in [2.45, 2.75) is 25.8 Å². The van der Waals surface area contributed by atoms with E-state index in [-0.39, 0.29) is 36.6 Å². The van der Waals surface area contributed by atoms with Crippen molar-refractivity contribution in [1.82, 2.24) is 5.32 Å². The zero-order valence-corrected chi connectivity index (χ0v) is 14.4. The highest BCUT2D eigenvalue weighted by atomic mass is 35.5. The van der Waals surface area contributed by atoms with Gasteiger partial charge in [0.05, 0.1) is 11.7 Å². The van der Waals surface area contributed by atoms with Crippen LogP contribution in [0.25, 0.3) is 0 Å². The van der Waals surface area contributed by atoms with Gasteiger partial charge in [0, 0.05) is 23.4 Å². The van der Waals surface area contributed by atoms with Crippen LogP contribution in [0.2, 0.25) is 5.02 Å². The fourth-order valence-electron chi connectivity index (χ4n) is 2.74. The molecule has 3 rings (SSSR count). The number of nitrogens with zero attached hydrogens (tertiary/aromatic N) is 1. The summed E-state index contributed by atoms with van der Waals surface area (Å²) in [5.41, 5.74) is 1.90. The van der Waals surface area contributed by atoms with Crippen molar-refractivity contribution >= 4 is 35.0 Å². The summed E-state index contributed by atoms with van der Waals surface area (Å²) >= 11 is 5.87. The van der Waals surface area contributed by atoms with E-state index in [0.717, 1.165) is 10.5 Å². The molecule has 1 atom stereocenters. The molecule has 1 heterocycles. The highest BCUT2D eigenvalue weighted by molar-refractivity contribution is 6.30. The van der Waals surface area contributed by atoms with Crippen molar-refractivity contribution in [3.05, 3.63) is 64.7 Å². The van der Waals surface area contributed by atoms with Gasteiger partial charge in [0.25, 0.3) is 5.91 Å². The SMILES string of the molecule is C[C@@H](NC(=O)c1ccc(N2C(=O)CCC2=O)cc1)c1ccc(Cl)cc1. The smallest absolute Gasteiger partial charge is 0.251 e. The summed E-state index contributed by atoms with van der Waals surface area (Å²) in [4.78, 5) is 37.0. The van der Waals surface area contributed by atoms with Crippen LogP contribution in [0.15, 0.2) is 48.5 Å². The lowest BCUT2D eigenvalue weighted by Crippen LogP contribution is -2.29. The fraction of sp³-hybridized carbons (Fsp3) is 0.211. The van der Waals surface area contributed by atoms with E-state index < -0.39 is 0 Å². The number of rotatable bonds is 4. The monoisotopic (exact) mass is 356 g/mol. The zero-order valence-electron chi connectivity index (χ0n) is 13.7. The Morgan fingerprint density at radius 1 is 1.00 bits per heavy atom. The molecular formula is C19H17ClN2O3. The average molecular weight is 357 g/mol. The molecule has 1 aliphatic heterocycles. The molecule has 128 valence electrons. The zero-order chi connectivity index (χ0) is 18.0. The molecule has 0 aliphatic carbocycles. The Morgan fingerprint density at radius 2 is 1.56 bits per heavy atom. The van der Waals surface area contributed by atoms with Crippen molar-refractivity contribution < 1.29 is 14.4 Å². The molecule has 1 N–H and O–H groups in total. The van der Waals surface area contributed by atoms with Crippen molar-refractivity contribution in [3.63, 3.8) is 0 Å². The maximum atomic E-state index is 12.4. The number of benzene rings is 2. The number of amides is 3. The first kappa shape index (κ1) is 17.2. The van der Waals surface area contributed by atoms with Crippen molar-refractivity contribution in [2.24, 2.45) is 0 Å². The van der Waals surface area contributed by atoms with Crippen LogP contribution >= 0.6 is 11.6 Å². The van der Waals surface area contributed by atoms with Gasteiger partial charge in [-0.3, -0.25) is 19.3 Å². The lowest BCUT2D eigenvalue weighted by Gasteiger charge is -2.16. The number of anilines is 1. The van der Waals surface area contributed by atoms with Crippen LogP contribution in [0.1, 0.15) is 41.7 Å². The van der Waals surface area contributed by atoms with Gasteiger partial charge in [-0.2, -0.15) is 0 Å². The molecule has 0 bridgehead atoms. The van der Waals surface area contributed by atoms with Gasteiger partial charge in [-0.15, -0.1) is 0 Å². The molecule has 0 saturated carbocycles. The van der Waals surface area contributed by atoms with E-state index in [1.807, 2.05) is 19.1 Å². The lowest BCUT2D eigenvalue weighted by atomic mass is 10.1. The van der Waals surface area contributed by atoms with Crippen LogP contribution < -0.4 is 10.2 Å². The van der Waals surface area contributed by atoms with E-state index >= 15 is 0 Å². The molecular weight excluding hydrogens is 340 g/mol. The molecule has 0 radical (unpaired) electrons. The largest absolute Gasteiger partial charge is 0.346 e. The number of hydrogen-bond acceptors (Lipinski definition) is 3. The molecule has 1 saturated heterocycles. The maximum absolute atomic E-state index is 12.4. The Balaban J connectivity index is 1.69. The molecule has 6 heteroatoms. The number of halogens is 1. The molecule has 5 nitrogen and oxygen atoms in total. The van der Waals surface area contributed by atoms with E-state index in [4.69, 9.17) is 11.6 Å². The summed E-state index contributed by atoms with van der Waals surface area (Å²) < 4.78 is 0. The Bertz CT molecular complexity index is 800. The summed E-state index contributed by atoms with van der Waals surface area (Å²) in [5, 5.41) is 3.55. The number of nitrogens with one attached hydrogen (secondary N) is 1. The van der Waals surface area contributed by atoms with Gasteiger partial charge in [0.15, 0.2) is 0 Å². The second kappa shape index (κ2) is 7.07. The first-order valence-corrected chi connectivity index (χ1v) is 8.35. The topological polar surface area (TPSA) is 66.5 Å². The summed E-state index contributed by atoms with van der Waals surface area (Å²) in [5.74, 6) is -0.648. The number of hydrogen-bond donors (Lipinski definition) is 1. The normalized spacial score (nSPS) is 15.4. The fourth-order valence-corrected chi connectivity index (χ4v) is 2.87. The van der Waals surface area contributed by atoms with Gasteiger partial charge in [-0.1, -0.05) is 23.7 Å². The molecule has 3 amide bonds. The number of carbonyl (C=O) groups is 3. The molecule has 0 spiro atoms.